The third-order valence-corrected chi connectivity index (χ3v) is 3.36. The van der Waals surface area contributed by atoms with E-state index in [4.69, 9.17) is 10.5 Å². The van der Waals surface area contributed by atoms with Crippen molar-refractivity contribution < 1.29 is 4.74 Å². The molecular formula is C10H20N2O. The van der Waals surface area contributed by atoms with Crippen molar-refractivity contribution in [2.24, 2.45) is 5.73 Å². The van der Waals surface area contributed by atoms with Crippen LogP contribution in [0, 0.1) is 0 Å². The third kappa shape index (κ3) is 1.87. The Morgan fingerprint density at radius 2 is 2.23 bits per heavy atom. The molecule has 1 aliphatic heterocycles. The van der Waals surface area contributed by atoms with Crippen LogP contribution in [0.4, 0.5) is 0 Å². The highest BCUT2D eigenvalue weighted by atomic mass is 16.5. The van der Waals surface area contributed by atoms with Gasteiger partial charge in [0.25, 0.3) is 0 Å². The van der Waals surface area contributed by atoms with E-state index in [1.807, 2.05) is 0 Å². The number of ether oxygens (including phenoxy) is 1. The molecule has 3 nitrogen and oxygen atoms in total. The molecule has 1 heterocycles. The van der Waals surface area contributed by atoms with Crippen molar-refractivity contribution in [2.45, 2.75) is 44.3 Å². The fourth-order valence-corrected chi connectivity index (χ4v) is 2.40. The molecule has 0 amide bonds. The van der Waals surface area contributed by atoms with E-state index in [2.05, 4.69) is 11.8 Å². The molecule has 3 heteroatoms. The van der Waals surface area contributed by atoms with E-state index in [0.29, 0.717) is 12.1 Å². The van der Waals surface area contributed by atoms with Crippen molar-refractivity contribution in [3.05, 3.63) is 0 Å². The Hall–Kier alpha value is -0.120. The molecule has 0 spiro atoms. The van der Waals surface area contributed by atoms with Crippen LogP contribution in [0.3, 0.4) is 0 Å². The smallest absolute Gasteiger partial charge is 0.0622 e. The minimum Gasteiger partial charge on any atom is -0.378 e. The molecule has 1 saturated carbocycles. The molecule has 1 saturated heterocycles. The molecule has 2 fully saturated rings. The summed E-state index contributed by atoms with van der Waals surface area (Å²) in [7, 11) is 0. The summed E-state index contributed by atoms with van der Waals surface area (Å²) in [6.07, 6.45) is 3.58. The van der Waals surface area contributed by atoms with E-state index in [1.165, 1.54) is 19.3 Å². The van der Waals surface area contributed by atoms with Gasteiger partial charge in [0.1, 0.15) is 0 Å². The maximum Gasteiger partial charge on any atom is 0.0622 e. The molecule has 0 bridgehead atoms. The van der Waals surface area contributed by atoms with Gasteiger partial charge in [-0.1, -0.05) is 6.92 Å². The van der Waals surface area contributed by atoms with Crippen LogP contribution in [0.5, 0.6) is 0 Å². The van der Waals surface area contributed by atoms with E-state index in [9.17, 15) is 0 Å². The molecule has 2 rings (SSSR count). The second-order valence-electron chi connectivity index (χ2n) is 4.26. The molecule has 1 atom stereocenters. The lowest BCUT2D eigenvalue weighted by Gasteiger charge is -2.47. The van der Waals surface area contributed by atoms with E-state index in [1.54, 1.807) is 0 Å². The Balaban J connectivity index is 1.87. The maximum atomic E-state index is 5.80. The maximum absolute atomic E-state index is 5.80. The average molecular weight is 184 g/mol. The van der Waals surface area contributed by atoms with E-state index >= 15 is 0 Å². The summed E-state index contributed by atoms with van der Waals surface area (Å²) in [6, 6.07) is 1.86. The Morgan fingerprint density at radius 1 is 1.46 bits per heavy atom. The number of morpholine rings is 1. The van der Waals surface area contributed by atoms with Gasteiger partial charge in [-0.3, -0.25) is 4.90 Å². The van der Waals surface area contributed by atoms with Crippen LogP contribution in [-0.2, 0) is 4.74 Å². The van der Waals surface area contributed by atoms with Crippen molar-refractivity contribution in [2.75, 3.05) is 19.8 Å². The lowest BCUT2D eigenvalue weighted by molar-refractivity contribution is -0.0499. The molecule has 0 radical (unpaired) electrons. The van der Waals surface area contributed by atoms with Crippen molar-refractivity contribution >= 4 is 0 Å². The Morgan fingerprint density at radius 3 is 2.85 bits per heavy atom. The molecule has 0 aromatic carbocycles. The summed E-state index contributed by atoms with van der Waals surface area (Å²) in [5, 5.41) is 0. The first kappa shape index (κ1) is 9.44. The number of rotatable bonds is 2. The van der Waals surface area contributed by atoms with Gasteiger partial charge in [0, 0.05) is 24.7 Å². The van der Waals surface area contributed by atoms with Crippen LogP contribution in [0.15, 0.2) is 0 Å². The van der Waals surface area contributed by atoms with Crippen molar-refractivity contribution in [1.29, 1.82) is 0 Å². The van der Waals surface area contributed by atoms with E-state index in [0.717, 1.165) is 25.8 Å². The number of hydrogen-bond donors (Lipinski definition) is 1. The summed E-state index contributed by atoms with van der Waals surface area (Å²) in [6.45, 7) is 5.17. The van der Waals surface area contributed by atoms with Gasteiger partial charge >= 0.3 is 0 Å². The molecule has 0 aromatic rings. The predicted octanol–water partition coefficient (Wildman–Crippen LogP) is 0.587. The second kappa shape index (κ2) is 3.95. The van der Waals surface area contributed by atoms with Crippen molar-refractivity contribution in [1.82, 2.24) is 4.90 Å². The zero-order chi connectivity index (χ0) is 9.26. The first-order valence-corrected chi connectivity index (χ1v) is 5.40. The molecule has 2 N–H and O–H groups in total. The molecular weight excluding hydrogens is 164 g/mol. The summed E-state index contributed by atoms with van der Waals surface area (Å²) in [5.74, 6) is 0. The second-order valence-corrected chi connectivity index (χ2v) is 4.26. The fourth-order valence-electron chi connectivity index (χ4n) is 2.40. The molecule has 0 aromatic heterocycles. The normalized spacial score (nSPS) is 41.5. The first-order chi connectivity index (χ1) is 6.31. The number of nitrogens with zero attached hydrogens (tertiary/aromatic N) is 1. The molecule has 13 heavy (non-hydrogen) atoms. The minimum absolute atomic E-state index is 0.463. The van der Waals surface area contributed by atoms with Crippen LogP contribution in [-0.4, -0.2) is 42.8 Å². The summed E-state index contributed by atoms with van der Waals surface area (Å²) in [4.78, 5) is 2.60. The third-order valence-electron chi connectivity index (χ3n) is 3.36. The predicted molar refractivity (Wildman–Crippen MR) is 52.6 cm³/mol. The average Bonchev–Trinajstić information content (AvgIpc) is 2.13. The Kier molecular flexibility index (Phi) is 2.86. The van der Waals surface area contributed by atoms with E-state index < -0.39 is 0 Å². The van der Waals surface area contributed by atoms with Gasteiger partial charge in [-0.2, -0.15) is 0 Å². The van der Waals surface area contributed by atoms with Gasteiger partial charge in [-0.05, 0) is 19.3 Å². The summed E-state index contributed by atoms with van der Waals surface area (Å²) in [5.41, 5.74) is 5.80. The lowest BCUT2D eigenvalue weighted by Crippen LogP contribution is -2.57. The zero-order valence-electron chi connectivity index (χ0n) is 8.41. The van der Waals surface area contributed by atoms with E-state index in [-0.39, 0.29) is 0 Å². The minimum atomic E-state index is 0.463. The molecule has 1 aliphatic carbocycles. The highest BCUT2D eigenvalue weighted by Crippen LogP contribution is 2.27. The highest BCUT2D eigenvalue weighted by molar-refractivity contribution is 4.92. The largest absolute Gasteiger partial charge is 0.378 e. The van der Waals surface area contributed by atoms with Crippen molar-refractivity contribution in [3.63, 3.8) is 0 Å². The van der Waals surface area contributed by atoms with Crippen molar-refractivity contribution in [3.8, 4) is 0 Å². The van der Waals surface area contributed by atoms with Crippen LogP contribution < -0.4 is 5.73 Å². The fraction of sp³-hybridized carbons (Fsp3) is 1.00. The zero-order valence-corrected chi connectivity index (χ0v) is 8.41. The number of hydrogen-bond acceptors (Lipinski definition) is 3. The SMILES string of the molecule is CCC1COCCN1C1CC(N)C1. The molecule has 76 valence electrons. The first-order valence-electron chi connectivity index (χ1n) is 5.40. The van der Waals surface area contributed by atoms with Crippen LogP contribution in [0.25, 0.3) is 0 Å². The monoisotopic (exact) mass is 184 g/mol. The van der Waals surface area contributed by atoms with Gasteiger partial charge in [-0.25, -0.2) is 0 Å². The Bertz CT molecular complexity index is 168. The summed E-state index contributed by atoms with van der Waals surface area (Å²) >= 11 is 0. The molecule has 2 aliphatic rings. The van der Waals surface area contributed by atoms with Gasteiger partial charge in [0.15, 0.2) is 0 Å². The van der Waals surface area contributed by atoms with Gasteiger partial charge in [0.05, 0.1) is 13.2 Å². The quantitative estimate of drug-likeness (QED) is 0.682. The topological polar surface area (TPSA) is 38.5 Å². The summed E-state index contributed by atoms with van der Waals surface area (Å²) < 4.78 is 5.48. The van der Waals surface area contributed by atoms with Gasteiger partial charge < -0.3 is 10.5 Å². The standard InChI is InChI=1S/C10H20N2O/c1-2-9-7-13-4-3-12(9)10-5-8(11)6-10/h8-10H,2-7,11H2,1H3. The Labute approximate surface area is 80.2 Å². The highest BCUT2D eigenvalue weighted by Gasteiger charge is 2.35. The number of nitrogens with two attached hydrogens (primary N) is 1. The van der Waals surface area contributed by atoms with Crippen LogP contribution >= 0.6 is 0 Å². The van der Waals surface area contributed by atoms with Crippen LogP contribution in [0.2, 0.25) is 0 Å². The van der Waals surface area contributed by atoms with Crippen LogP contribution in [0.1, 0.15) is 26.2 Å². The lowest BCUT2D eigenvalue weighted by atomic mass is 9.85. The van der Waals surface area contributed by atoms with Gasteiger partial charge in [0.2, 0.25) is 0 Å². The van der Waals surface area contributed by atoms with Gasteiger partial charge in [-0.15, -0.1) is 0 Å². The molecule has 1 unspecified atom stereocenters.